The molecule has 0 aliphatic heterocycles. The Morgan fingerprint density at radius 1 is 0.607 bits per heavy atom. The standard InChI is InChI=1S/C18H14F8S2/c19-13-7-3-1-5-11(13)15(9-17(21,22)23)27-28-16(10-18(24,25)26)12-6-2-4-8-14(12)20/h1-8,15-16H,9-10H2. The number of halogens is 8. The Hall–Kier alpha value is -1.42. The normalized spacial score (nSPS) is 14.7. The van der Waals surface area contributed by atoms with Crippen LogP contribution in [0.15, 0.2) is 48.5 Å². The van der Waals surface area contributed by atoms with Gasteiger partial charge in [-0.2, -0.15) is 26.3 Å². The molecule has 2 aromatic rings. The highest BCUT2D eigenvalue weighted by atomic mass is 33.1. The SMILES string of the molecule is Fc1ccccc1C(CC(F)(F)F)SSC(CC(F)(F)F)c1ccccc1F. The third-order valence-corrected chi connectivity index (χ3v) is 6.77. The van der Waals surface area contributed by atoms with E-state index in [9.17, 15) is 35.1 Å². The van der Waals surface area contributed by atoms with Gasteiger partial charge in [0.25, 0.3) is 0 Å². The summed E-state index contributed by atoms with van der Waals surface area (Å²) < 4.78 is 105. The van der Waals surface area contributed by atoms with E-state index in [-0.39, 0.29) is 11.1 Å². The van der Waals surface area contributed by atoms with E-state index in [1.54, 1.807) is 0 Å². The van der Waals surface area contributed by atoms with E-state index >= 15 is 0 Å². The zero-order valence-corrected chi connectivity index (χ0v) is 15.7. The maximum absolute atomic E-state index is 14.0. The Bertz CT molecular complexity index is 707. The van der Waals surface area contributed by atoms with Crippen molar-refractivity contribution >= 4 is 21.6 Å². The first kappa shape index (κ1) is 22.9. The molecule has 2 rings (SSSR count). The first-order valence-electron chi connectivity index (χ1n) is 7.91. The number of hydrogen-bond donors (Lipinski definition) is 0. The molecule has 2 aromatic carbocycles. The molecule has 10 heteroatoms. The van der Waals surface area contributed by atoms with Gasteiger partial charge in [-0.3, -0.25) is 0 Å². The van der Waals surface area contributed by atoms with Crippen LogP contribution in [0, 0.1) is 11.6 Å². The highest BCUT2D eigenvalue weighted by molar-refractivity contribution is 8.76. The summed E-state index contributed by atoms with van der Waals surface area (Å²) in [7, 11) is 0.916. The van der Waals surface area contributed by atoms with Gasteiger partial charge in [0, 0.05) is 11.1 Å². The molecular formula is C18H14F8S2. The molecule has 2 atom stereocenters. The molecule has 0 amide bonds. The van der Waals surface area contributed by atoms with Crippen molar-refractivity contribution in [1.82, 2.24) is 0 Å². The minimum Gasteiger partial charge on any atom is -0.207 e. The minimum absolute atomic E-state index is 0.267. The predicted octanol–water partition coefficient (Wildman–Crippen LogP) is 8.03. The van der Waals surface area contributed by atoms with Gasteiger partial charge in [-0.05, 0) is 12.1 Å². The Kier molecular flexibility index (Phi) is 7.66. The van der Waals surface area contributed by atoms with Gasteiger partial charge in [0.2, 0.25) is 0 Å². The molecule has 154 valence electrons. The second kappa shape index (κ2) is 9.39. The summed E-state index contributed by atoms with van der Waals surface area (Å²) in [6.07, 6.45) is -12.2. The Balaban J connectivity index is 2.28. The zero-order chi connectivity index (χ0) is 20.9. The van der Waals surface area contributed by atoms with Gasteiger partial charge in [-0.15, -0.1) is 0 Å². The van der Waals surface area contributed by atoms with Crippen LogP contribution in [-0.4, -0.2) is 12.4 Å². The third kappa shape index (κ3) is 7.20. The Labute approximate surface area is 164 Å². The van der Waals surface area contributed by atoms with E-state index in [0.29, 0.717) is 21.6 Å². The molecule has 0 saturated heterocycles. The average molecular weight is 446 g/mol. The minimum atomic E-state index is -4.65. The molecule has 0 aliphatic carbocycles. The molecular weight excluding hydrogens is 432 g/mol. The van der Waals surface area contributed by atoms with Crippen LogP contribution in [0.4, 0.5) is 35.1 Å². The van der Waals surface area contributed by atoms with Crippen molar-refractivity contribution < 1.29 is 35.1 Å². The van der Waals surface area contributed by atoms with Crippen molar-refractivity contribution in [3.63, 3.8) is 0 Å². The van der Waals surface area contributed by atoms with Crippen LogP contribution >= 0.6 is 21.6 Å². The van der Waals surface area contributed by atoms with E-state index in [0.717, 1.165) is 24.3 Å². The van der Waals surface area contributed by atoms with Crippen LogP contribution in [-0.2, 0) is 0 Å². The van der Waals surface area contributed by atoms with Crippen LogP contribution < -0.4 is 0 Å². The van der Waals surface area contributed by atoms with Gasteiger partial charge in [0.1, 0.15) is 11.6 Å². The predicted molar refractivity (Wildman–Crippen MR) is 94.8 cm³/mol. The van der Waals surface area contributed by atoms with Gasteiger partial charge in [0.15, 0.2) is 0 Å². The Morgan fingerprint density at radius 3 is 1.21 bits per heavy atom. The first-order chi connectivity index (χ1) is 13.0. The van der Waals surface area contributed by atoms with E-state index in [4.69, 9.17) is 0 Å². The second-order valence-corrected chi connectivity index (χ2v) is 8.53. The van der Waals surface area contributed by atoms with E-state index in [2.05, 4.69) is 0 Å². The molecule has 0 aromatic heterocycles. The zero-order valence-electron chi connectivity index (χ0n) is 14.0. The highest BCUT2D eigenvalue weighted by Crippen LogP contribution is 2.53. The summed E-state index contributed by atoms with van der Waals surface area (Å²) in [5, 5.41) is -2.96. The van der Waals surface area contributed by atoms with Crippen LogP contribution in [0.5, 0.6) is 0 Å². The van der Waals surface area contributed by atoms with E-state index in [1.807, 2.05) is 0 Å². The molecule has 0 nitrogen and oxygen atoms in total. The van der Waals surface area contributed by atoms with Gasteiger partial charge in [0.05, 0.1) is 23.3 Å². The molecule has 0 bridgehead atoms. The summed E-state index contributed by atoms with van der Waals surface area (Å²) in [6, 6.07) is 9.55. The largest absolute Gasteiger partial charge is 0.390 e. The lowest BCUT2D eigenvalue weighted by molar-refractivity contribution is -0.135. The van der Waals surface area contributed by atoms with Crippen molar-refractivity contribution in [3.05, 3.63) is 71.3 Å². The molecule has 0 spiro atoms. The molecule has 0 N–H and O–H groups in total. The highest BCUT2D eigenvalue weighted by Gasteiger charge is 2.37. The van der Waals surface area contributed by atoms with Gasteiger partial charge < -0.3 is 0 Å². The lowest BCUT2D eigenvalue weighted by Gasteiger charge is -2.23. The van der Waals surface area contributed by atoms with Gasteiger partial charge >= 0.3 is 12.4 Å². The summed E-state index contributed by atoms with van der Waals surface area (Å²) in [5.41, 5.74) is -0.534. The fraction of sp³-hybridized carbons (Fsp3) is 0.333. The molecule has 0 saturated carbocycles. The van der Waals surface area contributed by atoms with Crippen LogP contribution in [0.2, 0.25) is 0 Å². The number of benzene rings is 2. The summed E-state index contributed by atoms with van der Waals surface area (Å²) in [6.45, 7) is 0. The maximum Gasteiger partial charge on any atom is 0.390 e. The molecule has 0 radical (unpaired) electrons. The number of hydrogen-bond acceptors (Lipinski definition) is 2. The van der Waals surface area contributed by atoms with E-state index < -0.39 is 47.3 Å². The summed E-state index contributed by atoms with van der Waals surface area (Å²) in [5.74, 6) is -1.77. The maximum atomic E-state index is 14.0. The summed E-state index contributed by atoms with van der Waals surface area (Å²) >= 11 is 0. The van der Waals surface area contributed by atoms with Crippen molar-refractivity contribution in [2.45, 2.75) is 35.7 Å². The fourth-order valence-electron chi connectivity index (χ4n) is 2.42. The lowest BCUT2D eigenvalue weighted by Crippen LogP contribution is -2.14. The Morgan fingerprint density at radius 2 is 0.929 bits per heavy atom. The van der Waals surface area contributed by atoms with Crippen molar-refractivity contribution in [2.24, 2.45) is 0 Å². The monoisotopic (exact) mass is 446 g/mol. The number of rotatable bonds is 7. The van der Waals surface area contributed by atoms with Gasteiger partial charge in [-0.25, -0.2) is 8.78 Å². The quantitative estimate of drug-likeness (QED) is 0.312. The van der Waals surface area contributed by atoms with Crippen molar-refractivity contribution in [1.29, 1.82) is 0 Å². The number of alkyl halides is 6. The van der Waals surface area contributed by atoms with E-state index in [1.165, 1.54) is 24.3 Å². The molecule has 0 fully saturated rings. The van der Waals surface area contributed by atoms with Crippen LogP contribution in [0.25, 0.3) is 0 Å². The second-order valence-electron chi connectivity index (χ2n) is 5.85. The smallest absolute Gasteiger partial charge is 0.207 e. The molecule has 0 heterocycles. The summed E-state index contributed by atoms with van der Waals surface area (Å²) in [4.78, 5) is 0. The average Bonchev–Trinajstić information content (AvgIpc) is 2.56. The van der Waals surface area contributed by atoms with Crippen LogP contribution in [0.3, 0.4) is 0 Å². The van der Waals surface area contributed by atoms with Crippen molar-refractivity contribution in [3.8, 4) is 0 Å². The molecule has 0 aliphatic rings. The molecule has 28 heavy (non-hydrogen) atoms. The fourth-order valence-corrected chi connectivity index (χ4v) is 5.63. The van der Waals surface area contributed by atoms with Gasteiger partial charge in [-0.1, -0.05) is 58.0 Å². The third-order valence-electron chi connectivity index (χ3n) is 3.63. The lowest BCUT2D eigenvalue weighted by atomic mass is 10.1. The van der Waals surface area contributed by atoms with Crippen molar-refractivity contribution in [2.75, 3.05) is 0 Å². The first-order valence-corrected chi connectivity index (χ1v) is 10.2. The topological polar surface area (TPSA) is 0 Å². The molecule has 2 unspecified atom stereocenters. The van der Waals surface area contributed by atoms with Crippen LogP contribution in [0.1, 0.15) is 34.5 Å².